The summed E-state index contributed by atoms with van der Waals surface area (Å²) in [6, 6.07) is 9.22. The van der Waals surface area contributed by atoms with Crippen molar-refractivity contribution in [2.24, 2.45) is 0 Å². The van der Waals surface area contributed by atoms with Crippen LogP contribution in [0.5, 0.6) is 11.5 Å². The second-order valence-corrected chi connectivity index (χ2v) is 7.26. The van der Waals surface area contributed by atoms with Crippen LogP contribution in [-0.2, 0) is 14.3 Å². The Balaban J connectivity index is 2.14. The van der Waals surface area contributed by atoms with Crippen molar-refractivity contribution in [3.8, 4) is 11.5 Å². The molecule has 0 aromatic heterocycles. The standard InChI is InChI=1S/C23H24N2O8/c1-31-12-4-11-24-20(14-5-8-16(9-6-14)25(29)30)19(22(27)23(24)28)21(26)15-7-10-17(32-2)18(13-15)33-3/h5-10,13,20,26H,4,11-12H2,1-3H3/t20-/m0/s1. The number of aliphatic hydroxyl groups is 1. The van der Waals surface area contributed by atoms with E-state index < -0.39 is 22.7 Å². The molecule has 2 aromatic rings. The van der Waals surface area contributed by atoms with Gasteiger partial charge in [-0.15, -0.1) is 0 Å². The number of carbonyl (C=O) groups is 2. The summed E-state index contributed by atoms with van der Waals surface area (Å²) in [7, 11) is 4.43. The van der Waals surface area contributed by atoms with Crippen molar-refractivity contribution >= 4 is 23.1 Å². The fourth-order valence-electron chi connectivity index (χ4n) is 3.75. The van der Waals surface area contributed by atoms with Crippen molar-refractivity contribution in [3.63, 3.8) is 0 Å². The summed E-state index contributed by atoms with van der Waals surface area (Å²) in [6.45, 7) is 0.564. The fraction of sp³-hybridized carbons (Fsp3) is 0.304. The van der Waals surface area contributed by atoms with Crippen LogP contribution in [0.2, 0.25) is 0 Å². The number of rotatable bonds is 9. The Bertz CT molecular complexity index is 1090. The molecule has 3 rings (SSSR count). The van der Waals surface area contributed by atoms with E-state index in [0.717, 1.165) is 0 Å². The summed E-state index contributed by atoms with van der Waals surface area (Å²) in [5.41, 5.74) is 0.474. The van der Waals surface area contributed by atoms with E-state index in [1.165, 1.54) is 56.6 Å². The third-order valence-corrected chi connectivity index (χ3v) is 5.36. The highest BCUT2D eigenvalue weighted by Gasteiger charge is 2.45. The Hall–Kier alpha value is -3.92. The second kappa shape index (κ2) is 10.1. The van der Waals surface area contributed by atoms with E-state index in [4.69, 9.17) is 14.2 Å². The van der Waals surface area contributed by atoms with Crippen LogP contribution in [0.1, 0.15) is 23.6 Å². The summed E-state index contributed by atoms with van der Waals surface area (Å²) < 4.78 is 15.5. The SMILES string of the molecule is COCCCN1C(=O)C(=O)C(=C(O)c2ccc(OC)c(OC)c2)[C@@H]1c1ccc([N+](=O)[O-])cc1. The summed E-state index contributed by atoms with van der Waals surface area (Å²) in [4.78, 5) is 37.7. The highest BCUT2D eigenvalue weighted by atomic mass is 16.6. The Morgan fingerprint density at radius 2 is 1.73 bits per heavy atom. The number of non-ortho nitro benzene ring substituents is 1. The van der Waals surface area contributed by atoms with E-state index in [1.54, 1.807) is 12.1 Å². The van der Waals surface area contributed by atoms with E-state index in [2.05, 4.69) is 0 Å². The molecule has 10 nitrogen and oxygen atoms in total. The number of nitro groups is 1. The first kappa shape index (κ1) is 23.7. The first-order valence-electron chi connectivity index (χ1n) is 10.1. The summed E-state index contributed by atoms with van der Waals surface area (Å²) >= 11 is 0. The predicted octanol–water partition coefficient (Wildman–Crippen LogP) is 3.07. The van der Waals surface area contributed by atoms with Crippen LogP contribution < -0.4 is 9.47 Å². The lowest BCUT2D eigenvalue weighted by Gasteiger charge is -2.25. The maximum Gasteiger partial charge on any atom is 0.295 e. The minimum Gasteiger partial charge on any atom is -0.507 e. The molecular formula is C23H24N2O8. The number of ether oxygens (including phenoxy) is 3. The highest BCUT2D eigenvalue weighted by Crippen LogP contribution is 2.41. The summed E-state index contributed by atoms with van der Waals surface area (Å²) in [5, 5.41) is 22.2. The van der Waals surface area contributed by atoms with Crippen LogP contribution in [0.25, 0.3) is 5.76 Å². The number of benzene rings is 2. The van der Waals surface area contributed by atoms with Gasteiger partial charge in [-0.2, -0.15) is 0 Å². The number of amides is 1. The minimum absolute atomic E-state index is 0.113. The number of Topliss-reactive ketones (excluding diaryl/α,β-unsaturated/α-hetero) is 1. The molecule has 1 fully saturated rings. The van der Waals surface area contributed by atoms with Gasteiger partial charge in [0.1, 0.15) is 5.76 Å². The molecule has 33 heavy (non-hydrogen) atoms. The van der Waals surface area contributed by atoms with Crippen molar-refractivity contribution in [2.45, 2.75) is 12.5 Å². The van der Waals surface area contributed by atoms with Gasteiger partial charge < -0.3 is 24.2 Å². The lowest BCUT2D eigenvalue weighted by Crippen LogP contribution is -2.31. The van der Waals surface area contributed by atoms with Crippen molar-refractivity contribution < 1.29 is 33.8 Å². The van der Waals surface area contributed by atoms with E-state index in [9.17, 15) is 24.8 Å². The molecule has 0 radical (unpaired) electrons. The number of nitro benzene ring substituents is 1. The van der Waals surface area contributed by atoms with Gasteiger partial charge in [0.25, 0.3) is 17.4 Å². The summed E-state index contributed by atoms with van der Waals surface area (Å²) in [6.07, 6.45) is 0.462. The Kier molecular flexibility index (Phi) is 7.29. The van der Waals surface area contributed by atoms with Crippen LogP contribution in [0.15, 0.2) is 48.0 Å². The molecule has 0 aliphatic carbocycles. The van der Waals surface area contributed by atoms with Gasteiger partial charge in [0.15, 0.2) is 11.5 Å². The van der Waals surface area contributed by atoms with Gasteiger partial charge in [0.2, 0.25) is 0 Å². The zero-order valence-corrected chi connectivity index (χ0v) is 18.4. The lowest BCUT2D eigenvalue weighted by molar-refractivity contribution is -0.384. The van der Waals surface area contributed by atoms with Crippen molar-refractivity contribution in [2.75, 3.05) is 34.5 Å². The minimum atomic E-state index is -0.921. The number of ketones is 1. The van der Waals surface area contributed by atoms with Crippen molar-refractivity contribution in [3.05, 3.63) is 69.3 Å². The Morgan fingerprint density at radius 3 is 2.30 bits per heavy atom. The number of likely N-dealkylation sites (tertiary alicyclic amines) is 1. The van der Waals surface area contributed by atoms with Gasteiger partial charge in [-0.25, -0.2) is 0 Å². The molecule has 174 valence electrons. The number of hydrogen-bond donors (Lipinski definition) is 1. The third kappa shape index (κ3) is 4.65. The van der Waals surface area contributed by atoms with Crippen LogP contribution >= 0.6 is 0 Å². The lowest BCUT2D eigenvalue weighted by atomic mass is 9.95. The average Bonchev–Trinajstić information content (AvgIpc) is 3.08. The maximum absolute atomic E-state index is 13.0. The van der Waals surface area contributed by atoms with Crippen molar-refractivity contribution in [1.29, 1.82) is 0 Å². The largest absolute Gasteiger partial charge is 0.507 e. The number of hydrogen-bond acceptors (Lipinski definition) is 8. The molecule has 0 bridgehead atoms. The molecule has 10 heteroatoms. The predicted molar refractivity (Wildman–Crippen MR) is 118 cm³/mol. The fourth-order valence-corrected chi connectivity index (χ4v) is 3.75. The topological polar surface area (TPSA) is 128 Å². The molecule has 1 saturated heterocycles. The molecule has 1 aliphatic heterocycles. The molecule has 0 saturated carbocycles. The van der Waals surface area contributed by atoms with Gasteiger partial charge >= 0.3 is 0 Å². The second-order valence-electron chi connectivity index (χ2n) is 7.26. The smallest absolute Gasteiger partial charge is 0.295 e. The molecular weight excluding hydrogens is 432 g/mol. The number of aliphatic hydroxyl groups excluding tert-OH is 1. The van der Waals surface area contributed by atoms with Gasteiger partial charge in [-0.3, -0.25) is 19.7 Å². The van der Waals surface area contributed by atoms with E-state index >= 15 is 0 Å². The molecule has 1 aliphatic rings. The monoisotopic (exact) mass is 456 g/mol. The first-order valence-corrected chi connectivity index (χ1v) is 10.1. The van der Waals surface area contributed by atoms with Gasteiger partial charge in [-0.05, 0) is 42.3 Å². The maximum atomic E-state index is 13.0. The van der Waals surface area contributed by atoms with Crippen molar-refractivity contribution in [1.82, 2.24) is 4.90 Å². The molecule has 1 atom stereocenters. The molecule has 2 aromatic carbocycles. The molecule has 1 heterocycles. The van der Waals surface area contributed by atoms with E-state index in [0.29, 0.717) is 30.1 Å². The summed E-state index contributed by atoms with van der Waals surface area (Å²) in [5.74, 6) is -1.23. The Morgan fingerprint density at radius 1 is 1.06 bits per heavy atom. The first-order chi connectivity index (χ1) is 15.8. The molecule has 0 spiro atoms. The third-order valence-electron chi connectivity index (χ3n) is 5.36. The average molecular weight is 456 g/mol. The zero-order chi connectivity index (χ0) is 24.1. The molecule has 1 amide bonds. The van der Waals surface area contributed by atoms with Gasteiger partial charge in [-0.1, -0.05) is 0 Å². The number of methoxy groups -OCH3 is 3. The quantitative estimate of drug-likeness (QED) is 0.152. The number of nitrogens with zero attached hydrogens (tertiary/aromatic N) is 2. The van der Waals surface area contributed by atoms with Crippen LogP contribution in [0.3, 0.4) is 0 Å². The molecule has 1 N–H and O–H groups in total. The van der Waals surface area contributed by atoms with E-state index in [-0.39, 0.29) is 29.1 Å². The van der Waals surface area contributed by atoms with Gasteiger partial charge in [0, 0.05) is 38.0 Å². The van der Waals surface area contributed by atoms with Crippen LogP contribution in [0.4, 0.5) is 5.69 Å². The van der Waals surface area contributed by atoms with Crippen LogP contribution in [0, 0.1) is 10.1 Å². The zero-order valence-electron chi connectivity index (χ0n) is 18.4. The molecule has 0 unspecified atom stereocenters. The van der Waals surface area contributed by atoms with E-state index in [1.807, 2.05) is 0 Å². The van der Waals surface area contributed by atoms with Gasteiger partial charge in [0.05, 0.1) is 30.8 Å². The normalized spacial score (nSPS) is 17.3. The Labute approximate surface area is 190 Å². The van der Waals surface area contributed by atoms with Crippen LogP contribution in [-0.4, -0.2) is 61.1 Å². The highest BCUT2D eigenvalue weighted by molar-refractivity contribution is 6.46. The number of carbonyl (C=O) groups excluding carboxylic acids is 2.